The average Bonchev–Trinajstić information content (AvgIpc) is 2.91. The van der Waals surface area contributed by atoms with Crippen LogP contribution in [-0.2, 0) is 24.9 Å². The minimum Gasteiger partial charge on any atom is -0.376 e. The molecule has 4 nitrogen and oxygen atoms in total. The summed E-state index contributed by atoms with van der Waals surface area (Å²) in [5.74, 6) is 0.309. The van der Waals surface area contributed by atoms with E-state index in [-0.39, 0.29) is 5.56 Å². The molecule has 0 amide bonds. The second-order valence-electron chi connectivity index (χ2n) is 10.8. The standard InChI is InChI=1S/C34H36N2O2/c1-5-25-12-13-28-17-26(25)10-6-8-24-9-7-11-27(16-24)30-19-33(37)36-32-15-14-29(18-31(30)32)34(28,38)23(4)21-35-20-22(2)3/h7,9,11-22,38H,5-6,8,10H2,1-4H3,(H,36,37)/b23-21+,35-20?. The fourth-order valence-electron chi connectivity index (χ4n) is 5.57. The molecule has 4 aromatic rings. The van der Waals surface area contributed by atoms with Crippen molar-refractivity contribution in [2.24, 2.45) is 10.9 Å². The van der Waals surface area contributed by atoms with Crippen LogP contribution in [0.3, 0.4) is 0 Å². The number of hydrogen-bond donors (Lipinski definition) is 2. The molecule has 1 atom stereocenters. The summed E-state index contributed by atoms with van der Waals surface area (Å²) in [6, 6.07) is 22.4. The number of nitrogens with one attached hydrogen (secondary N) is 1. The van der Waals surface area contributed by atoms with Gasteiger partial charge in [0.25, 0.3) is 0 Å². The summed E-state index contributed by atoms with van der Waals surface area (Å²) in [6.07, 6.45) is 7.49. The van der Waals surface area contributed by atoms with E-state index in [1.807, 2.05) is 31.3 Å². The van der Waals surface area contributed by atoms with Crippen LogP contribution in [0.1, 0.15) is 61.9 Å². The van der Waals surface area contributed by atoms with Crippen LogP contribution >= 0.6 is 0 Å². The van der Waals surface area contributed by atoms with Gasteiger partial charge in [0.1, 0.15) is 5.60 Å². The topological polar surface area (TPSA) is 65.5 Å². The fraction of sp³-hybridized carbons (Fsp3) is 0.294. The molecule has 3 aromatic carbocycles. The number of hydrogen-bond acceptors (Lipinski definition) is 3. The van der Waals surface area contributed by atoms with Gasteiger partial charge in [0, 0.05) is 29.4 Å². The predicted molar refractivity (Wildman–Crippen MR) is 158 cm³/mol. The molecular formula is C34H36N2O2. The summed E-state index contributed by atoms with van der Waals surface area (Å²) in [4.78, 5) is 20.1. The van der Waals surface area contributed by atoms with E-state index in [9.17, 15) is 9.90 Å². The molecule has 0 fully saturated rings. The Morgan fingerprint density at radius 3 is 2.63 bits per heavy atom. The number of aryl methyl sites for hydroxylation is 3. The van der Waals surface area contributed by atoms with Gasteiger partial charge in [0.05, 0.1) is 0 Å². The first-order valence-electron chi connectivity index (χ1n) is 13.6. The molecule has 1 aromatic heterocycles. The number of aliphatic hydroxyl groups is 1. The zero-order chi connectivity index (χ0) is 26.9. The van der Waals surface area contributed by atoms with Crippen molar-refractivity contribution in [2.45, 2.75) is 59.0 Å². The molecule has 0 saturated carbocycles. The molecule has 0 spiro atoms. The lowest BCUT2D eigenvalue weighted by Crippen LogP contribution is -2.29. The number of nitrogens with zero attached hydrogens (tertiary/aromatic N) is 1. The van der Waals surface area contributed by atoms with Crippen LogP contribution in [0.4, 0.5) is 0 Å². The molecule has 38 heavy (non-hydrogen) atoms. The first-order chi connectivity index (χ1) is 18.3. The minimum atomic E-state index is -1.39. The highest BCUT2D eigenvalue weighted by Gasteiger charge is 2.35. The normalized spacial score (nSPS) is 17.9. The predicted octanol–water partition coefficient (Wildman–Crippen LogP) is 7.11. The first-order valence-corrected chi connectivity index (χ1v) is 13.6. The van der Waals surface area contributed by atoms with E-state index < -0.39 is 5.60 Å². The Balaban J connectivity index is 1.84. The Kier molecular flexibility index (Phi) is 7.18. The smallest absolute Gasteiger partial charge is 0.249 e. The van der Waals surface area contributed by atoms with Gasteiger partial charge >= 0.3 is 0 Å². The first kappa shape index (κ1) is 25.9. The van der Waals surface area contributed by atoms with E-state index in [2.05, 4.69) is 73.2 Å². The molecule has 2 N–H and O–H groups in total. The lowest BCUT2D eigenvalue weighted by Gasteiger charge is -2.32. The van der Waals surface area contributed by atoms with E-state index in [4.69, 9.17) is 0 Å². The number of aliphatic imine (C=N–C) groups is 1. The van der Waals surface area contributed by atoms with Crippen LogP contribution in [-0.4, -0.2) is 16.3 Å². The van der Waals surface area contributed by atoms with Crippen molar-refractivity contribution >= 4 is 17.1 Å². The SMILES string of the molecule is CCc1ccc2cc1CCCc1cccc(c1)-c1cc(=O)[nH]c3ccc(cc13)C2(O)/C(C)=C/N=CC(C)C. The third-order valence-corrected chi connectivity index (χ3v) is 7.64. The van der Waals surface area contributed by atoms with Crippen LogP contribution in [0.5, 0.6) is 0 Å². The number of rotatable bonds is 4. The molecule has 1 heterocycles. The van der Waals surface area contributed by atoms with Crippen molar-refractivity contribution in [3.05, 3.63) is 117 Å². The highest BCUT2D eigenvalue weighted by atomic mass is 16.3. The molecule has 5 rings (SSSR count). The Morgan fingerprint density at radius 2 is 1.84 bits per heavy atom. The quantitative estimate of drug-likeness (QED) is 0.291. The van der Waals surface area contributed by atoms with Gasteiger partial charge < -0.3 is 10.1 Å². The summed E-state index contributed by atoms with van der Waals surface area (Å²) in [5, 5.41) is 13.5. The second kappa shape index (κ2) is 10.5. The van der Waals surface area contributed by atoms with Crippen molar-refractivity contribution in [3.63, 3.8) is 0 Å². The van der Waals surface area contributed by atoms with E-state index in [1.165, 1.54) is 16.7 Å². The molecule has 0 aliphatic heterocycles. The van der Waals surface area contributed by atoms with Crippen molar-refractivity contribution in [1.82, 2.24) is 4.98 Å². The zero-order valence-electron chi connectivity index (χ0n) is 22.7. The zero-order valence-corrected chi connectivity index (χ0v) is 22.7. The van der Waals surface area contributed by atoms with E-state index in [0.29, 0.717) is 5.92 Å². The lowest BCUT2D eigenvalue weighted by molar-refractivity contribution is 0.121. The van der Waals surface area contributed by atoms with Crippen LogP contribution < -0.4 is 5.56 Å². The van der Waals surface area contributed by atoms with Gasteiger partial charge in [-0.25, -0.2) is 0 Å². The van der Waals surface area contributed by atoms with Crippen LogP contribution in [0.2, 0.25) is 0 Å². The van der Waals surface area contributed by atoms with E-state index >= 15 is 0 Å². The number of aromatic amines is 1. The molecule has 1 aliphatic carbocycles. The maximum Gasteiger partial charge on any atom is 0.249 e. The van der Waals surface area contributed by atoms with Gasteiger partial charge in [-0.2, -0.15) is 0 Å². The third kappa shape index (κ3) is 4.89. The van der Waals surface area contributed by atoms with Gasteiger partial charge in [0.2, 0.25) is 5.56 Å². The summed E-state index contributed by atoms with van der Waals surface area (Å²) in [7, 11) is 0. The van der Waals surface area contributed by atoms with Crippen LogP contribution in [0.25, 0.3) is 22.0 Å². The highest BCUT2D eigenvalue weighted by Crippen LogP contribution is 2.40. The Hall–Kier alpha value is -3.76. The maximum absolute atomic E-state index is 12.6. The average molecular weight is 505 g/mol. The van der Waals surface area contributed by atoms with Gasteiger partial charge in [0.15, 0.2) is 0 Å². The summed E-state index contributed by atoms with van der Waals surface area (Å²) >= 11 is 0. The van der Waals surface area contributed by atoms with Gasteiger partial charge in [-0.1, -0.05) is 69.3 Å². The van der Waals surface area contributed by atoms with Crippen LogP contribution in [0.15, 0.2) is 88.3 Å². The maximum atomic E-state index is 12.6. The van der Waals surface area contributed by atoms with Crippen molar-refractivity contribution in [2.75, 3.05) is 0 Å². The molecule has 0 radical (unpaired) electrons. The summed E-state index contributed by atoms with van der Waals surface area (Å²) < 4.78 is 0. The second-order valence-corrected chi connectivity index (χ2v) is 10.8. The number of H-pyrrole nitrogens is 1. The summed E-state index contributed by atoms with van der Waals surface area (Å²) in [5.41, 5.74) is 7.28. The molecule has 4 heteroatoms. The molecular weight excluding hydrogens is 468 g/mol. The van der Waals surface area contributed by atoms with Gasteiger partial charge in [-0.05, 0) is 95.2 Å². The number of aromatic nitrogens is 1. The van der Waals surface area contributed by atoms with E-state index in [1.54, 1.807) is 12.3 Å². The van der Waals surface area contributed by atoms with Crippen molar-refractivity contribution < 1.29 is 5.11 Å². The molecule has 6 bridgehead atoms. The van der Waals surface area contributed by atoms with Crippen LogP contribution in [0, 0.1) is 5.92 Å². The third-order valence-electron chi connectivity index (χ3n) is 7.64. The number of fused-ring (bicyclic) bond motifs is 6. The minimum absolute atomic E-state index is 0.138. The Bertz CT molecular complexity index is 1610. The Labute approximate surface area is 224 Å². The van der Waals surface area contributed by atoms with E-state index in [0.717, 1.165) is 64.4 Å². The highest BCUT2D eigenvalue weighted by molar-refractivity contribution is 5.95. The summed E-state index contributed by atoms with van der Waals surface area (Å²) in [6.45, 7) is 8.29. The number of benzene rings is 3. The van der Waals surface area contributed by atoms with Crippen molar-refractivity contribution in [3.8, 4) is 11.1 Å². The number of pyridine rings is 1. The van der Waals surface area contributed by atoms with Gasteiger partial charge in [-0.3, -0.25) is 9.79 Å². The molecule has 1 unspecified atom stereocenters. The lowest BCUT2D eigenvalue weighted by atomic mass is 9.78. The molecule has 194 valence electrons. The monoisotopic (exact) mass is 504 g/mol. The molecule has 1 aliphatic rings. The fourth-order valence-corrected chi connectivity index (χ4v) is 5.57. The largest absolute Gasteiger partial charge is 0.376 e. The Morgan fingerprint density at radius 1 is 1.05 bits per heavy atom. The molecule has 0 saturated heterocycles. The van der Waals surface area contributed by atoms with Gasteiger partial charge in [-0.15, -0.1) is 0 Å². The van der Waals surface area contributed by atoms with Crippen molar-refractivity contribution in [1.29, 1.82) is 0 Å².